The predicted octanol–water partition coefficient (Wildman–Crippen LogP) is 1.05. The van der Waals surface area contributed by atoms with Crippen LogP contribution in [-0.2, 0) is 20.3 Å². The number of benzene rings is 1. The molecule has 1 aromatic heterocycles. The normalized spacial score (nSPS) is 26.2. The number of halogens is 1. The van der Waals surface area contributed by atoms with Gasteiger partial charge in [-0.25, -0.2) is 27.1 Å². The number of anilines is 1. The van der Waals surface area contributed by atoms with E-state index in [1.165, 1.54) is 38.6 Å². The fourth-order valence-electron chi connectivity index (χ4n) is 4.03. The van der Waals surface area contributed by atoms with Crippen LogP contribution >= 0.6 is 0 Å². The molecule has 0 radical (unpaired) electrons. The quantitative estimate of drug-likeness (QED) is 0.692. The highest BCUT2D eigenvalue weighted by Crippen LogP contribution is 2.46. The summed E-state index contributed by atoms with van der Waals surface area (Å²) in [6.45, 7) is 1.41. The SMILES string of the molecule is COc1ccc(C(=O)Nc2ccc(F)c([C@]34CO[C@H](C)[C@H]3S(=O)(=O)N(C)C(N)=N4)c2)nc1. The summed E-state index contributed by atoms with van der Waals surface area (Å²) in [5.74, 6) is -1.00. The Kier molecular flexibility index (Phi) is 5.29. The lowest BCUT2D eigenvalue weighted by molar-refractivity contribution is 0.102. The third kappa shape index (κ3) is 3.35. The van der Waals surface area contributed by atoms with Crippen LogP contribution in [0.1, 0.15) is 23.0 Å². The van der Waals surface area contributed by atoms with Gasteiger partial charge in [0.2, 0.25) is 16.0 Å². The summed E-state index contributed by atoms with van der Waals surface area (Å²) in [5, 5.41) is 1.46. The van der Waals surface area contributed by atoms with Gasteiger partial charge in [-0.1, -0.05) is 0 Å². The summed E-state index contributed by atoms with van der Waals surface area (Å²) in [7, 11) is -1.20. The molecular formula is C20H22FN5O5S. The first-order valence-electron chi connectivity index (χ1n) is 9.66. The van der Waals surface area contributed by atoms with Crippen LogP contribution in [0.25, 0.3) is 0 Å². The number of guanidine groups is 1. The number of nitrogens with two attached hydrogens (primary N) is 1. The maximum atomic E-state index is 15.0. The lowest BCUT2D eigenvalue weighted by Crippen LogP contribution is -2.58. The van der Waals surface area contributed by atoms with Crippen molar-refractivity contribution >= 4 is 27.6 Å². The van der Waals surface area contributed by atoms with Crippen molar-refractivity contribution in [2.75, 3.05) is 26.1 Å². The van der Waals surface area contributed by atoms with E-state index >= 15 is 4.39 Å². The highest BCUT2D eigenvalue weighted by molar-refractivity contribution is 7.90. The average molecular weight is 463 g/mol. The van der Waals surface area contributed by atoms with Gasteiger partial charge >= 0.3 is 0 Å². The van der Waals surface area contributed by atoms with E-state index in [-0.39, 0.29) is 29.5 Å². The van der Waals surface area contributed by atoms with Gasteiger partial charge in [0.15, 0.2) is 0 Å². The van der Waals surface area contributed by atoms with Gasteiger partial charge in [0, 0.05) is 18.3 Å². The molecule has 10 nitrogen and oxygen atoms in total. The fraction of sp³-hybridized carbons (Fsp3) is 0.350. The fourth-order valence-corrected chi connectivity index (χ4v) is 5.98. The third-order valence-corrected chi connectivity index (χ3v) is 8.06. The maximum absolute atomic E-state index is 15.0. The standard InChI is InChI=1S/C20H22FN5O5S/c1-11-17-20(10-31-11,25-19(22)26(2)32(17,28)29)14-8-12(4-6-15(14)21)24-18(27)16-7-5-13(30-3)9-23-16/h4-9,11,17H,10H2,1-3H3,(H2,22,25)(H,24,27)/t11-,17-,20-/m1/s1. The van der Waals surface area contributed by atoms with Gasteiger partial charge in [-0.3, -0.25) is 4.79 Å². The van der Waals surface area contributed by atoms with Gasteiger partial charge in [-0.05, 0) is 37.3 Å². The number of hydrogen-bond acceptors (Lipinski definition) is 8. The molecule has 3 N–H and O–H groups in total. The predicted molar refractivity (Wildman–Crippen MR) is 114 cm³/mol. The highest BCUT2D eigenvalue weighted by atomic mass is 32.2. The Morgan fingerprint density at radius 2 is 2.12 bits per heavy atom. The number of rotatable bonds is 4. The summed E-state index contributed by atoms with van der Waals surface area (Å²) in [6, 6.07) is 6.91. The second-order valence-corrected chi connectivity index (χ2v) is 9.66. The number of ether oxygens (including phenoxy) is 2. The van der Waals surface area contributed by atoms with Crippen LogP contribution in [0.5, 0.6) is 5.75 Å². The topological polar surface area (TPSA) is 136 Å². The monoisotopic (exact) mass is 463 g/mol. The molecule has 12 heteroatoms. The Hall–Kier alpha value is -3.25. The molecule has 4 rings (SSSR count). The number of carbonyl (C=O) groups excluding carboxylic acids is 1. The molecule has 170 valence electrons. The number of sulfonamides is 1. The van der Waals surface area contributed by atoms with Crippen molar-refractivity contribution < 1.29 is 27.1 Å². The molecule has 1 amide bonds. The van der Waals surface area contributed by atoms with Crippen LogP contribution in [0.4, 0.5) is 10.1 Å². The molecular weight excluding hydrogens is 441 g/mol. The van der Waals surface area contributed by atoms with E-state index < -0.39 is 38.6 Å². The zero-order chi connectivity index (χ0) is 23.3. The largest absolute Gasteiger partial charge is 0.495 e. The first-order chi connectivity index (χ1) is 15.1. The lowest BCUT2D eigenvalue weighted by Gasteiger charge is -2.39. The van der Waals surface area contributed by atoms with Crippen molar-refractivity contribution in [3.05, 3.63) is 53.6 Å². The van der Waals surface area contributed by atoms with E-state index in [0.717, 1.165) is 10.4 Å². The highest BCUT2D eigenvalue weighted by Gasteiger charge is 2.61. The van der Waals surface area contributed by atoms with Crippen molar-refractivity contribution in [2.45, 2.75) is 23.8 Å². The van der Waals surface area contributed by atoms with Crippen LogP contribution < -0.4 is 15.8 Å². The number of nitrogens with zero attached hydrogens (tertiary/aromatic N) is 3. The van der Waals surface area contributed by atoms with Crippen LogP contribution in [0.3, 0.4) is 0 Å². The molecule has 0 saturated carbocycles. The molecule has 2 aliphatic rings. The number of fused-ring (bicyclic) bond motifs is 1. The second-order valence-electron chi connectivity index (χ2n) is 7.58. The van der Waals surface area contributed by atoms with Crippen LogP contribution in [0.2, 0.25) is 0 Å². The second kappa shape index (κ2) is 7.71. The summed E-state index contributed by atoms with van der Waals surface area (Å²) in [4.78, 5) is 21.0. The molecule has 1 fully saturated rings. The molecule has 0 aliphatic carbocycles. The van der Waals surface area contributed by atoms with E-state index in [1.54, 1.807) is 13.0 Å². The zero-order valence-corrected chi connectivity index (χ0v) is 18.4. The third-order valence-electron chi connectivity index (χ3n) is 5.70. The Labute approximate surface area is 184 Å². The van der Waals surface area contributed by atoms with E-state index in [1.807, 2.05) is 0 Å². The van der Waals surface area contributed by atoms with Crippen LogP contribution in [0, 0.1) is 5.82 Å². The number of nitrogens with one attached hydrogen (secondary N) is 1. The molecule has 0 bridgehead atoms. The molecule has 1 aromatic carbocycles. The molecule has 2 aliphatic heterocycles. The van der Waals surface area contributed by atoms with Gasteiger partial charge in [-0.2, -0.15) is 0 Å². The molecule has 32 heavy (non-hydrogen) atoms. The minimum atomic E-state index is -3.97. The first kappa shape index (κ1) is 22.0. The number of aliphatic imine (C=N–C) groups is 1. The van der Waals surface area contributed by atoms with Gasteiger partial charge in [0.1, 0.15) is 28.0 Å². The molecule has 3 atom stereocenters. The molecule has 0 unspecified atom stereocenters. The Morgan fingerprint density at radius 3 is 2.78 bits per heavy atom. The number of hydrogen-bond donors (Lipinski definition) is 2. The Bertz CT molecular complexity index is 1200. The average Bonchev–Trinajstić information content (AvgIpc) is 3.11. The van der Waals surface area contributed by atoms with E-state index in [0.29, 0.717) is 5.75 Å². The van der Waals surface area contributed by atoms with E-state index in [2.05, 4.69) is 15.3 Å². The van der Waals surface area contributed by atoms with Crippen molar-refractivity contribution in [3.8, 4) is 5.75 Å². The number of pyridine rings is 1. The summed E-state index contributed by atoms with van der Waals surface area (Å²) >= 11 is 0. The number of carbonyl (C=O) groups is 1. The minimum Gasteiger partial charge on any atom is -0.495 e. The van der Waals surface area contributed by atoms with Crippen molar-refractivity contribution in [3.63, 3.8) is 0 Å². The number of methoxy groups -OCH3 is 1. The van der Waals surface area contributed by atoms with Crippen molar-refractivity contribution in [1.29, 1.82) is 0 Å². The van der Waals surface area contributed by atoms with E-state index in [9.17, 15) is 13.2 Å². The minimum absolute atomic E-state index is 0.0352. The van der Waals surface area contributed by atoms with Crippen LogP contribution in [-0.4, -0.2) is 61.7 Å². The van der Waals surface area contributed by atoms with Crippen LogP contribution in [0.15, 0.2) is 41.5 Å². The molecule has 2 aromatic rings. The van der Waals surface area contributed by atoms with Gasteiger partial charge in [-0.15, -0.1) is 0 Å². The number of amides is 1. The van der Waals surface area contributed by atoms with Crippen molar-refractivity contribution in [2.24, 2.45) is 10.7 Å². The molecule has 3 heterocycles. The van der Waals surface area contributed by atoms with Crippen molar-refractivity contribution in [1.82, 2.24) is 9.29 Å². The van der Waals surface area contributed by atoms with Gasteiger partial charge < -0.3 is 20.5 Å². The lowest BCUT2D eigenvalue weighted by atomic mass is 9.86. The summed E-state index contributed by atoms with van der Waals surface area (Å²) in [5.41, 5.74) is 4.61. The summed E-state index contributed by atoms with van der Waals surface area (Å²) < 4.78 is 52.7. The van der Waals surface area contributed by atoms with Gasteiger partial charge in [0.25, 0.3) is 5.91 Å². The maximum Gasteiger partial charge on any atom is 0.274 e. The van der Waals surface area contributed by atoms with Gasteiger partial charge in [0.05, 0.1) is 26.0 Å². The number of aromatic nitrogens is 1. The van der Waals surface area contributed by atoms with E-state index in [4.69, 9.17) is 15.2 Å². The Balaban J connectivity index is 1.74. The molecule has 0 spiro atoms. The Morgan fingerprint density at radius 1 is 1.38 bits per heavy atom. The smallest absolute Gasteiger partial charge is 0.274 e. The first-order valence-corrected chi connectivity index (χ1v) is 11.2. The zero-order valence-electron chi connectivity index (χ0n) is 17.6. The summed E-state index contributed by atoms with van der Waals surface area (Å²) in [6.07, 6.45) is 0.646. The molecule has 1 saturated heterocycles.